The average molecular weight is 543 g/mol. The quantitative estimate of drug-likeness (QED) is 0.463. The van der Waals surface area contributed by atoms with Crippen molar-refractivity contribution in [1.82, 2.24) is 20.1 Å². The Balaban J connectivity index is 1.17. The van der Waals surface area contributed by atoms with E-state index in [4.69, 9.17) is 9.47 Å². The monoisotopic (exact) mass is 542 g/mol. The van der Waals surface area contributed by atoms with E-state index in [9.17, 15) is 9.59 Å². The maximum absolute atomic E-state index is 13.4. The van der Waals surface area contributed by atoms with E-state index in [1.54, 1.807) is 6.20 Å². The standard InChI is InChI=1S/C32H38N4O4/c1-22-17-31(37)36(20-22)21-25-5-4-24(19-30(25)40-28-6-7-29-23(18-28)3-2-12-33-29)32(38)34-26-8-13-35(14-9-26)27-10-15-39-16-11-27/h2-7,12,18-19,22,26-27H,8-11,13-17,20-21H2,1H3,(H,34,38). The zero-order valence-electron chi connectivity index (χ0n) is 23.2. The van der Waals surface area contributed by atoms with Crippen molar-refractivity contribution in [3.8, 4) is 11.5 Å². The molecule has 3 aliphatic heterocycles. The fraction of sp³-hybridized carbons (Fsp3) is 0.469. The highest BCUT2D eigenvalue weighted by molar-refractivity contribution is 5.95. The highest BCUT2D eigenvalue weighted by Crippen LogP contribution is 2.31. The number of carbonyl (C=O) groups excluding carboxylic acids is 2. The van der Waals surface area contributed by atoms with E-state index in [-0.39, 0.29) is 17.9 Å². The van der Waals surface area contributed by atoms with Crippen LogP contribution in [0.15, 0.2) is 54.7 Å². The van der Waals surface area contributed by atoms with Crippen molar-refractivity contribution in [2.45, 2.75) is 57.7 Å². The maximum atomic E-state index is 13.4. The SMILES string of the molecule is CC1CC(=O)N(Cc2ccc(C(=O)NC3CCN(C4CCOCC4)CC3)cc2Oc2ccc3ncccc3c2)C1. The van der Waals surface area contributed by atoms with Crippen molar-refractivity contribution in [3.05, 3.63) is 65.9 Å². The van der Waals surface area contributed by atoms with E-state index in [1.807, 2.05) is 53.4 Å². The lowest BCUT2D eigenvalue weighted by Gasteiger charge is -2.39. The second kappa shape index (κ2) is 11.9. The maximum Gasteiger partial charge on any atom is 0.251 e. The largest absolute Gasteiger partial charge is 0.457 e. The van der Waals surface area contributed by atoms with Gasteiger partial charge in [-0.05, 0) is 68.0 Å². The Kier molecular flexibility index (Phi) is 7.98. The number of fused-ring (bicyclic) bond motifs is 1. The van der Waals surface area contributed by atoms with Crippen molar-refractivity contribution in [1.29, 1.82) is 0 Å². The lowest BCUT2D eigenvalue weighted by atomic mass is 9.99. The molecule has 3 fully saturated rings. The van der Waals surface area contributed by atoms with Crippen LogP contribution in [0.3, 0.4) is 0 Å². The Labute approximate surface area is 235 Å². The van der Waals surface area contributed by atoms with Crippen molar-refractivity contribution >= 4 is 22.7 Å². The van der Waals surface area contributed by atoms with Gasteiger partial charge in [-0.25, -0.2) is 0 Å². The van der Waals surface area contributed by atoms with Crippen LogP contribution in [0.2, 0.25) is 0 Å². The first-order valence-corrected chi connectivity index (χ1v) is 14.6. The number of likely N-dealkylation sites (tertiary alicyclic amines) is 2. The van der Waals surface area contributed by atoms with E-state index in [0.717, 1.165) is 75.0 Å². The van der Waals surface area contributed by atoms with E-state index in [0.29, 0.717) is 42.0 Å². The van der Waals surface area contributed by atoms with Crippen LogP contribution in [-0.2, 0) is 16.1 Å². The molecular weight excluding hydrogens is 504 g/mol. The second-order valence-electron chi connectivity index (χ2n) is 11.5. The Morgan fingerprint density at radius 3 is 2.67 bits per heavy atom. The first kappa shape index (κ1) is 26.7. The number of rotatable bonds is 7. The molecule has 210 valence electrons. The van der Waals surface area contributed by atoms with Crippen molar-refractivity contribution < 1.29 is 19.1 Å². The third-order valence-corrected chi connectivity index (χ3v) is 8.47. The lowest BCUT2D eigenvalue weighted by Crippen LogP contribution is -2.49. The van der Waals surface area contributed by atoms with Crippen LogP contribution in [0.4, 0.5) is 0 Å². The molecule has 0 radical (unpaired) electrons. The summed E-state index contributed by atoms with van der Waals surface area (Å²) in [5.74, 6) is 1.67. The molecule has 2 aromatic carbocycles. The lowest BCUT2D eigenvalue weighted by molar-refractivity contribution is -0.128. The molecule has 1 unspecified atom stereocenters. The van der Waals surface area contributed by atoms with Gasteiger partial charge in [0.25, 0.3) is 5.91 Å². The number of piperidine rings is 1. The molecule has 3 saturated heterocycles. The normalized spacial score (nSPS) is 21.2. The zero-order valence-corrected chi connectivity index (χ0v) is 23.2. The van der Waals surface area contributed by atoms with Crippen molar-refractivity contribution in [2.75, 3.05) is 32.8 Å². The van der Waals surface area contributed by atoms with Crippen LogP contribution in [0.5, 0.6) is 11.5 Å². The molecule has 40 heavy (non-hydrogen) atoms. The minimum atomic E-state index is -0.0884. The summed E-state index contributed by atoms with van der Waals surface area (Å²) in [6.07, 6.45) is 6.44. The number of amides is 2. The minimum absolute atomic E-state index is 0.0884. The van der Waals surface area contributed by atoms with Crippen LogP contribution >= 0.6 is 0 Å². The molecule has 6 rings (SSSR count). The fourth-order valence-electron chi connectivity index (χ4n) is 6.22. The number of nitrogens with one attached hydrogen (secondary N) is 1. The van der Waals surface area contributed by atoms with Gasteiger partial charge in [0, 0.05) is 80.6 Å². The summed E-state index contributed by atoms with van der Waals surface area (Å²) in [5, 5.41) is 4.24. The molecule has 8 nitrogen and oxygen atoms in total. The fourth-order valence-corrected chi connectivity index (χ4v) is 6.22. The minimum Gasteiger partial charge on any atom is -0.457 e. The van der Waals surface area contributed by atoms with Gasteiger partial charge in [0.1, 0.15) is 11.5 Å². The number of pyridine rings is 1. The summed E-state index contributed by atoms with van der Waals surface area (Å²) < 4.78 is 11.9. The molecule has 0 spiro atoms. The molecule has 1 aromatic heterocycles. The topological polar surface area (TPSA) is 84.0 Å². The molecule has 4 heterocycles. The molecule has 0 aliphatic carbocycles. The summed E-state index contributed by atoms with van der Waals surface area (Å²) >= 11 is 0. The molecular formula is C32H38N4O4. The number of nitrogens with zero attached hydrogens (tertiary/aromatic N) is 3. The molecule has 3 aliphatic rings. The molecule has 3 aromatic rings. The smallest absolute Gasteiger partial charge is 0.251 e. The second-order valence-corrected chi connectivity index (χ2v) is 11.5. The number of benzene rings is 2. The van der Waals surface area contributed by atoms with Gasteiger partial charge < -0.3 is 24.6 Å². The molecule has 0 saturated carbocycles. The van der Waals surface area contributed by atoms with Gasteiger partial charge in [-0.1, -0.05) is 19.1 Å². The predicted molar refractivity (Wildman–Crippen MR) is 153 cm³/mol. The highest BCUT2D eigenvalue weighted by atomic mass is 16.5. The Morgan fingerprint density at radius 1 is 1.07 bits per heavy atom. The first-order valence-electron chi connectivity index (χ1n) is 14.6. The van der Waals surface area contributed by atoms with Gasteiger partial charge in [0.2, 0.25) is 5.91 Å². The summed E-state index contributed by atoms with van der Waals surface area (Å²) in [5.41, 5.74) is 2.34. The van der Waals surface area contributed by atoms with Crippen LogP contribution < -0.4 is 10.1 Å². The number of hydrogen-bond acceptors (Lipinski definition) is 6. The van der Waals surface area contributed by atoms with Gasteiger partial charge in [-0.3, -0.25) is 14.6 Å². The van der Waals surface area contributed by atoms with Crippen LogP contribution in [-0.4, -0.2) is 71.5 Å². The van der Waals surface area contributed by atoms with Crippen molar-refractivity contribution in [3.63, 3.8) is 0 Å². The zero-order chi connectivity index (χ0) is 27.5. The number of carbonyl (C=O) groups is 2. The van der Waals surface area contributed by atoms with Crippen LogP contribution in [0.25, 0.3) is 10.9 Å². The highest BCUT2D eigenvalue weighted by Gasteiger charge is 2.29. The first-order chi connectivity index (χ1) is 19.5. The molecule has 0 bridgehead atoms. The molecule has 1 atom stereocenters. The van der Waals surface area contributed by atoms with Crippen LogP contribution in [0.1, 0.15) is 54.9 Å². The summed E-state index contributed by atoms with van der Waals surface area (Å²) in [4.78, 5) is 34.7. The third kappa shape index (κ3) is 6.13. The Bertz CT molecular complexity index is 1360. The van der Waals surface area contributed by atoms with Gasteiger partial charge in [-0.2, -0.15) is 0 Å². The van der Waals surface area contributed by atoms with E-state index in [2.05, 4.69) is 22.1 Å². The Hall–Kier alpha value is -3.49. The van der Waals surface area contributed by atoms with Gasteiger partial charge in [0.05, 0.1) is 5.52 Å². The van der Waals surface area contributed by atoms with Crippen LogP contribution in [0, 0.1) is 5.92 Å². The van der Waals surface area contributed by atoms with Gasteiger partial charge in [0.15, 0.2) is 0 Å². The third-order valence-electron chi connectivity index (χ3n) is 8.47. The summed E-state index contributed by atoms with van der Waals surface area (Å²) in [7, 11) is 0. The van der Waals surface area contributed by atoms with Crippen molar-refractivity contribution in [2.24, 2.45) is 5.92 Å². The summed E-state index contributed by atoms with van der Waals surface area (Å²) in [6.45, 7) is 6.99. The predicted octanol–water partition coefficient (Wildman–Crippen LogP) is 4.77. The van der Waals surface area contributed by atoms with E-state index < -0.39 is 0 Å². The summed E-state index contributed by atoms with van der Waals surface area (Å²) in [6, 6.07) is 16.0. The van der Waals surface area contributed by atoms with Gasteiger partial charge >= 0.3 is 0 Å². The number of aromatic nitrogens is 1. The van der Waals surface area contributed by atoms with Gasteiger partial charge in [-0.15, -0.1) is 0 Å². The Morgan fingerprint density at radius 2 is 1.90 bits per heavy atom. The molecule has 2 amide bonds. The number of hydrogen-bond donors (Lipinski definition) is 1. The molecule has 8 heteroatoms. The molecule has 1 N–H and O–H groups in total. The van der Waals surface area contributed by atoms with E-state index in [1.165, 1.54) is 0 Å². The average Bonchev–Trinajstić information content (AvgIpc) is 3.30. The van der Waals surface area contributed by atoms with E-state index >= 15 is 0 Å². The number of ether oxygens (including phenoxy) is 2.